The van der Waals surface area contributed by atoms with E-state index in [1.165, 1.54) is 0 Å². The first-order chi connectivity index (χ1) is 15.3. The number of aryl methyl sites for hydroxylation is 2. The van der Waals surface area contributed by atoms with E-state index >= 15 is 0 Å². The molecule has 0 saturated carbocycles. The Morgan fingerprint density at radius 3 is 2.50 bits per heavy atom. The fourth-order valence-electron chi connectivity index (χ4n) is 3.87. The van der Waals surface area contributed by atoms with Crippen molar-refractivity contribution in [3.63, 3.8) is 0 Å². The lowest BCUT2D eigenvalue weighted by Crippen LogP contribution is -2.44. The maximum absolute atomic E-state index is 12.9. The number of nitrogens with one attached hydrogen (secondary N) is 2. The molecule has 1 saturated heterocycles. The van der Waals surface area contributed by atoms with Crippen molar-refractivity contribution in [2.75, 3.05) is 48.8 Å². The number of aromatic nitrogens is 2. The summed E-state index contributed by atoms with van der Waals surface area (Å²) in [6.07, 6.45) is 1.77. The maximum atomic E-state index is 12.9. The molecule has 1 aliphatic heterocycles. The van der Waals surface area contributed by atoms with Crippen LogP contribution in [0.15, 0.2) is 47.1 Å². The van der Waals surface area contributed by atoms with E-state index in [9.17, 15) is 4.79 Å². The minimum atomic E-state index is -0.304. The molecule has 2 heterocycles. The van der Waals surface area contributed by atoms with Gasteiger partial charge in [0.15, 0.2) is 0 Å². The van der Waals surface area contributed by atoms with Crippen LogP contribution in [0.3, 0.4) is 0 Å². The van der Waals surface area contributed by atoms with Crippen LogP contribution in [0.4, 0.5) is 21.9 Å². The minimum absolute atomic E-state index is 0.304. The molecule has 2 N–H and O–H groups in total. The number of likely N-dealkylation sites (N-methyl/N-ethyl adjacent to an activating group) is 1. The molecule has 0 unspecified atom stereocenters. The monoisotopic (exact) mass is 516 g/mol. The predicted molar refractivity (Wildman–Crippen MR) is 135 cm³/mol. The van der Waals surface area contributed by atoms with Crippen LogP contribution in [0.1, 0.15) is 5.56 Å². The number of benzene rings is 2. The summed E-state index contributed by atoms with van der Waals surface area (Å²) in [4.78, 5) is 17.4. The van der Waals surface area contributed by atoms with Gasteiger partial charge in [-0.2, -0.15) is 5.10 Å². The van der Waals surface area contributed by atoms with Crippen molar-refractivity contribution in [3.8, 4) is 11.3 Å². The lowest BCUT2D eigenvalue weighted by molar-refractivity contribution is 0.262. The van der Waals surface area contributed by atoms with E-state index in [4.69, 9.17) is 11.6 Å². The van der Waals surface area contributed by atoms with Gasteiger partial charge >= 0.3 is 6.03 Å². The zero-order valence-corrected chi connectivity index (χ0v) is 20.7. The van der Waals surface area contributed by atoms with Gasteiger partial charge in [-0.25, -0.2) is 4.79 Å². The molecule has 0 spiro atoms. The average Bonchev–Trinajstić information content (AvgIpc) is 3.09. The number of anilines is 3. The first-order valence-electron chi connectivity index (χ1n) is 10.4. The Kier molecular flexibility index (Phi) is 6.74. The molecule has 7 nitrogen and oxygen atoms in total. The molecule has 0 aliphatic carbocycles. The summed E-state index contributed by atoms with van der Waals surface area (Å²) in [6.45, 7) is 5.73. The number of carbonyl (C=O) groups excluding carboxylic acids is 1. The van der Waals surface area contributed by atoms with E-state index in [2.05, 4.69) is 48.5 Å². The molecule has 2 amide bonds. The fraction of sp³-hybridized carbons (Fsp3) is 0.304. The predicted octanol–water partition coefficient (Wildman–Crippen LogP) is 5.21. The number of hydrogen-bond donors (Lipinski definition) is 2. The zero-order chi connectivity index (χ0) is 22.8. The SMILES string of the molecule is Cc1ccc(NC(=O)Nc2ccc(Cl)cc2N2CCN(C)CC2)cc1-c1c(Br)cnn1C. The Hall–Kier alpha value is -2.55. The van der Waals surface area contributed by atoms with Gasteiger partial charge in [0.25, 0.3) is 0 Å². The van der Waals surface area contributed by atoms with Gasteiger partial charge in [-0.05, 0) is 65.8 Å². The summed E-state index contributed by atoms with van der Waals surface area (Å²) in [5, 5.41) is 10.9. The van der Waals surface area contributed by atoms with Crippen LogP contribution in [0, 0.1) is 6.92 Å². The van der Waals surface area contributed by atoms with Crippen LogP contribution in [0.25, 0.3) is 11.3 Å². The summed E-state index contributed by atoms with van der Waals surface area (Å²) < 4.78 is 2.72. The number of carbonyl (C=O) groups is 1. The number of urea groups is 1. The molecular weight excluding hydrogens is 492 g/mol. The first-order valence-corrected chi connectivity index (χ1v) is 11.6. The fourth-order valence-corrected chi connectivity index (χ4v) is 4.60. The highest BCUT2D eigenvalue weighted by atomic mass is 79.9. The van der Waals surface area contributed by atoms with Gasteiger partial charge in [0, 0.05) is 49.5 Å². The highest BCUT2D eigenvalue weighted by Gasteiger charge is 2.19. The molecule has 9 heteroatoms. The second-order valence-electron chi connectivity index (χ2n) is 8.03. The third-order valence-electron chi connectivity index (χ3n) is 5.70. The average molecular weight is 518 g/mol. The number of amides is 2. The second-order valence-corrected chi connectivity index (χ2v) is 9.32. The van der Waals surface area contributed by atoms with Crippen LogP contribution in [-0.2, 0) is 7.05 Å². The minimum Gasteiger partial charge on any atom is -0.367 e. The highest BCUT2D eigenvalue weighted by Crippen LogP contribution is 2.33. The Labute approximate surface area is 201 Å². The van der Waals surface area contributed by atoms with Crippen molar-refractivity contribution in [2.24, 2.45) is 7.05 Å². The second kappa shape index (κ2) is 9.52. The van der Waals surface area contributed by atoms with Crippen molar-refractivity contribution in [3.05, 3.63) is 57.7 Å². The van der Waals surface area contributed by atoms with Crippen LogP contribution in [0.2, 0.25) is 5.02 Å². The molecule has 1 aromatic heterocycles. The molecule has 168 valence electrons. The molecule has 0 bridgehead atoms. The molecule has 32 heavy (non-hydrogen) atoms. The number of halogens is 2. The van der Waals surface area contributed by atoms with Gasteiger partial charge in [0.1, 0.15) is 0 Å². The quantitative estimate of drug-likeness (QED) is 0.499. The van der Waals surface area contributed by atoms with Gasteiger partial charge in [-0.15, -0.1) is 0 Å². The van der Waals surface area contributed by atoms with Crippen molar-refractivity contribution < 1.29 is 4.79 Å². The Bertz CT molecular complexity index is 1120. The first kappa shape index (κ1) is 22.6. The van der Waals surface area contributed by atoms with E-state index in [-0.39, 0.29) is 6.03 Å². The number of hydrogen-bond acceptors (Lipinski definition) is 4. The Balaban J connectivity index is 1.53. The number of nitrogens with zero attached hydrogens (tertiary/aromatic N) is 4. The third-order valence-corrected chi connectivity index (χ3v) is 6.51. The number of piperazine rings is 1. The standard InChI is InChI=1S/C23H26BrClN6O/c1-15-4-6-17(13-18(15)22-19(24)14-26-30(22)3)27-23(32)28-20-7-5-16(25)12-21(20)31-10-8-29(2)9-11-31/h4-7,12-14H,8-11H2,1-3H3,(H2,27,28,32). The van der Waals surface area contributed by atoms with E-state index in [0.717, 1.165) is 58.8 Å². The van der Waals surface area contributed by atoms with Gasteiger partial charge in [0.05, 0.1) is 27.7 Å². The molecule has 4 rings (SSSR count). The van der Waals surface area contributed by atoms with Crippen molar-refractivity contribution in [2.45, 2.75) is 6.92 Å². The normalized spacial score (nSPS) is 14.5. The largest absolute Gasteiger partial charge is 0.367 e. The van der Waals surface area contributed by atoms with E-state index in [1.54, 1.807) is 12.3 Å². The third kappa shape index (κ3) is 4.92. The van der Waals surface area contributed by atoms with Crippen LogP contribution >= 0.6 is 27.5 Å². The van der Waals surface area contributed by atoms with Gasteiger partial charge in [-0.3, -0.25) is 4.68 Å². The van der Waals surface area contributed by atoms with Gasteiger partial charge < -0.3 is 20.4 Å². The molecule has 0 radical (unpaired) electrons. The van der Waals surface area contributed by atoms with Crippen LogP contribution in [-0.4, -0.2) is 53.9 Å². The van der Waals surface area contributed by atoms with Crippen molar-refractivity contribution in [1.29, 1.82) is 0 Å². The smallest absolute Gasteiger partial charge is 0.323 e. The summed E-state index contributed by atoms with van der Waals surface area (Å²) in [7, 11) is 4.01. The maximum Gasteiger partial charge on any atom is 0.323 e. The van der Waals surface area contributed by atoms with Crippen LogP contribution in [0.5, 0.6) is 0 Å². The van der Waals surface area contributed by atoms with Gasteiger partial charge in [0.2, 0.25) is 0 Å². The molecule has 1 aliphatic rings. The molecule has 3 aromatic rings. The van der Waals surface area contributed by atoms with E-state index < -0.39 is 0 Å². The Morgan fingerprint density at radius 2 is 1.81 bits per heavy atom. The molecular formula is C23H26BrClN6O. The van der Waals surface area contributed by atoms with Crippen molar-refractivity contribution in [1.82, 2.24) is 14.7 Å². The van der Waals surface area contributed by atoms with E-state index in [1.807, 2.05) is 49.0 Å². The van der Waals surface area contributed by atoms with Crippen molar-refractivity contribution >= 4 is 50.6 Å². The summed E-state index contributed by atoms with van der Waals surface area (Å²) in [5.74, 6) is 0. The van der Waals surface area contributed by atoms with Gasteiger partial charge in [-0.1, -0.05) is 17.7 Å². The number of rotatable bonds is 4. The Morgan fingerprint density at radius 1 is 1.06 bits per heavy atom. The van der Waals surface area contributed by atoms with E-state index in [0.29, 0.717) is 10.7 Å². The topological polar surface area (TPSA) is 65.4 Å². The summed E-state index contributed by atoms with van der Waals surface area (Å²) >= 11 is 9.82. The molecule has 2 aromatic carbocycles. The highest BCUT2D eigenvalue weighted by molar-refractivity contribution is 9.10. The lowest BCUT2D eigenvalue weighted by Gasteiger charge is -2.35. The molecule has 1 fully saturated rings. The lowest BCUT2D eigenvalue weighted by atomic mass is 10.0. The summed E-state index contributed by atoms with van der Waals surface area (Å²) in [5.41, 5.74) is 5.42. The van der Waals surface area contributed by atoms with Crippen LogP contribution < -0.4 is 15.5 Å². The zero-order valence-electron chi connectivity index (χ0n) is 18.3. The molecule has 0 atom stereocenters. The summed E-state index contributed by atoms with van der Waals surface area (Å²) in [6, 6.07) is 11.1.